The standard InChI is InChI=1S/C19H14F3N3OS/c20-19(21,22)14-5-1-4-13(9-14)17(26)23-15-6-2-3-12(10-15)16-11-25-7-8-27-18(25)24-16/h1-6,9-11H,7-8H2,(H,23,26). The number of carbonyl (C=O) groups excluding carboxylic acids is 1. The Hall–Kier alpha value is -2.74. The van der Waals surface area contributed by atoms with Gasteiger partial charge in [-0.05, 0) is 30.3 Å². The minimum atomic E-state index is -4.49. The minimum Gasteiger partial charge on any atom is -0.325 e. The van der Waals surface area contributed by atoms with Crippen LogP contribution in [0.1, 0.15) is 15.9 Å². The molecule has 0 fully saturated rings. The molecule has 1 aliphatic heterocycles. The largest absolute Gasteiger partial charge is 0.416 e. The quantitative estimate of drug-likeness (QED) is 0.691. The summed E-state index contributed by atoms with van der Waals surface area (Å²) in [6.07, 6.45) is -2.53. The predicted octanol–water partition coefficient (Wildman–Crippen LogP) is 4.93. The number of carbonyl (C=O) groups is 1. The van der Waals surface area contributed by atoms with Crippen molar-refractivity contribution in [2.75, 3.05) is 11.1 Å². The summed E-state index contributed by atoms with van der Waals surface area (Å²) in [5.41, 5.74) is 1.23. The molecule has 2 heterocycles. The van der Waals surface area contributed by atoms with Gasteiger partial charge < -0.3 is 9.88 Å². The minimum absolute atomic E-state index is 0.0485. The number of amides is 1. The van der Waals surface area contributed by atoms with Crippen LogP contribution in [-0.2, 0) is 12.7 Å². The van der Waals surface area contributed by atoms with Crippen LogP contribution in [-0.4, -0.2) is 21.2 Å². The average molecular weight is 389 g/mol. The zero-order chi connectivity index (χ0) is 19.0. The lowest BCUT2D eigenvalue weighted by Crippen LogP contribution is -2.14. The van der Waals surface area contributed by atoms with E-state index in [9.17, 15) is 18.0 Å². The third-order valence-corrected chi connectivity index (χ3v) is 5.14. The monoisotopic (exact) mass is 389 g/mol. The van der Waals surface area contributed by atoms with E-state index < -0.39 is 17.6 Å². The van der Waals surface area contributed by atoms with Crippen molar-refractivity contribution in [2.24, 2.45) is 0 Å². The van der Waals surface area contributed by atoms with Gasteiger partial charge in [0.1, 0.15) is 0 Å². The van der Waals surface area contributed by atoms with E-state index in [0.29, 0.717) is 5.69 Å². The SMILES string of the molecule is O=C(Nc1cccc(-c2cn3c(n2)SCC3)c1)c1cccc(C(F)(F)F)c1. The van der Waals surface area contributed by atoms with Crippen molar-refractivity contribution in [3.05, 3.63) is 65.9 Å². The number of alkyl halides is 3. The number of aryl methyl sites for hydroxylation is 1. The van der Waals surface area contributed by atoms with E-state index in [0.717, 1.165) is 40.8 Å². The maximum absolute atomic E-state index is 12.8. The molecule has 1 amide bonds. The molecule has 0 bridgehead atoms. The van der Waals surface area contributed by atoms with Crippen molar-refractivity contribution in [3.63, 3.8) is 0 Å². The van der Waals surface area contributed by atoms with Gasteiger partial charge in [-0.2, -0.15) is 13.2 Å². The van der Waals surface area contributed by atoms with E-state index in [-0.39, 0.29) is 5.56 Å². The number of halogens is 3. The van der Waals surface area contributed by atoms with Crippen LogP contribution in [0.3, 0.4) is 0 Å². The van der Waals surface area contributed by atoms with Gasteiger partial charge in [-0.25, -0.2) is 4.98 Å². The lowest BCUT2D eigenvalue weighted by atomic mass is 10.1. The molecular formula is C19H14F3N3OS. The molecule has 2 aromatic carbocycles. The van der Waals surface area contributed by atoms with Gasteiger partial charge in [0, 0.05) is 35.3 Å². The van der Waals surface area contributed by atoms with E-state index in [2.05, 4.69) is 14.9 Å². The number of thioether (sulfide) groups is 1. The Kier molecular flexibility index (Phi) is 4.43. The van der Waals surface area contributed by atoms with Gasteiger partial charge in [-0.3, -0.25) is 4.79 Å². The van der Waals surface area contributed by atoms with E-state index in [4.69, 9.17) is 0 Å². The summed E-state index contributed by atoms with van der Waals surface area (Å²) < 4.78 is 40.6. The molecule has 1 N–H and O–H groups in total. The first-order valence-corrected chi connectivity index (χ1v) is 9.18. The van der Waals surface area contributed by atoms with Crippen LogP contribution in [0.5, 0.6) is 0 Å². The number of hydrogen-bond acceptors (Lipinski definition) is 3. The van der Waals surface area contributed by atoms with Crippen molar-refractivity contribution >= 4 is 23.4 Å². The van der Waals surface area contributed by atoms with Crippen molar-refractivity contribution in [1.29, 1.82) is 0 Å². The number of hydrogen-bond donors (Lipinski definition) is 1. The first kappa shape index (κ1) is 17.7. The zero-order valence-corrected chi connectivity index (χ0v) is 14.8. The summed E-state index contributed by atoms with van der Waals surface area (Å²) in [7, 11) is 0. The average Bonchev–Trinajstić information content (AvgIpc) is 3.23. The number of imidazole rings is 1. The van der Waals surface area contributed by atoms with Gasteiger partial charge in [-0.15, -0.1) is 0 Å². The Bertz CT molecular complexity index is 992. The smallest absolute Gasteiger partial charge is 0.325 e. The highest BCUT2D eigenvalue weighted by Crippen LogP contribution is 2.31. The molecule has 0 radical (unpaired) electrons. The molecule has 8 heteroatoms. The first-order chi connectivity index (χ1) is 12.9. The molecule has 1 aromatic heterocycles. The molecule has 0 spiro atoms. The van der Waals surface area contributed by atoms with E-state index in [1.165, 1.54) is 12.1 Å². The van der Waals surface area contributed by atoms with Crippen LogP contribution in [0.4, 0.5) is 18.9 Å². The molecule has 0 saturated heterocycles. The van der Waals surface area contributed by atoms with Gasteiger partial charge in [0.05, 0.1) is 11.3 Å². The molecule has 138 valence electrons. The molecule has 27 heavy (non-hydrogen) atoms. The summed E-state index contributed by atoms with van der Waals surface area (Å²) in [6, 6.07) is 11.5. The Morgan fingerprint density at radius 2 is 1.96 bits per heavy atom. The van der Waals surface area contributed by atoms with Crippen molar-refractivity contribution < 1.29 is 18.0 Å². The Labute approximate surface area is 157 Å². The lowest BCUT2D eigenvalue weighted by molar-refractivity contribution is -0.137. The van der Waals surface area contributed by atoms with Crippen LogP contribution >= 0.6 is 11.8 Å². The molecule has 4 nitrogen and oxygen atoms in total. The van der Waals surface area contributed by atoms with Gasteiger partial charge in [0.15, 0.2) is 5.16 Å². The number of aromatic nitrogens is 2. The second-order valence-corrected chi connectivity index (χ2v) is 7.13. The highest BCUT2D eigenvalue weighted by Gasteiger charge is 2.30. The Morgan fingerprint density at radius 1 is 1.15 bits per heavy atom. The van der Waals surface area contributed by atoms with Crippen LogP contribution in [0.15, 0.2) is 59.9 Å². The normalized spacial score (nSPS) is 13.4. The number of nitrogens with zero attached hydrogens (tertiary/aromatic N) is 2. The highest BCUT2D eigenvalue weighted by atomic mass is 32.2. The second-order valence-electron chi connectivity index (χ2n) is 6.06. The van der Waals surface area contributed by atoms with E-state index in [1.807, 2.05) is 12.3 Å². The molecule has 0 saturated carbocycles. The molecule has 0 atom stereocenters. The fourth-order valence-electron chi connectivity index (χ4n) is 2.85. The third kappa shape index (κ3) is 3.71. The van der Waals surface area contributed by atoms with Crippen LogP contribution < -0.4 is 5.32 Å². The lowest BCUT2D eigenvalue weighted by Gasteiger charge is -2.10. The number of rotatable bonds is 3. The number of anilines is 1. The first-order valence-electron chi connectivity index (χ1n) is 8.19. The maximum Gasteiger partial charge on any atom is 0.416 e. The second kappa shape index (κ2) is 6.77. The Balaban J connectivity index is 1.55. The third-order valence-electron chi connectivity index (χ3n) is 4.17. The van der Waals surface area contributed by atoms with Crippen LogP contribution in [0, 0.1) is 0 Å². The summed E-state index contributed by atoms with van der Waals surface area (Å²) in [5, 5.41) is 3.61. The molecule has 3 aromatic rings. The van der Waals surface area contributed by atoms with Crippen LogP contribution in [0.2, 0.25) is 0 Å². The molecule has 0 unspecified atom stereocenters. The summed E-state index contributed by atoms with van der Waals surface area (Å²) in [6.45, 7) is 0.916. The topological polar surface area (TPSA) is 46.9 Å². The summed E-state index contributed by atoms with van der Waals surface area (Å²) >= 11 is 1.69. The summed E-state index contributed by atoms with van der Waals surface area (Å²) in [5.74, 6) is 0.413. The van der Waals surface area contributed by atoms with Crippen molar-refractivity contribution in [1.82, 2.24) is 9.55 Å². The number of nitrogens with one attached hydrogen (secondary N) is 1. The van der Waals surface area contributed by atoms with Gasteiger partial charge in [0.25, 0.3) is 5.91 Å². The fourth-order valence-corrected chi connectivity index (χ4v) is 3.79. The maximum atomic E-state index is 12.8. The number of benzene rings is 2. The van der Waals surface area contributed by atoms with E-state index in [1.54, 1.807) is 30.0 Å². The van der Waals surface area contributed by atoms with Crippen molar-refractivity contribution in [2.45, 2.75) is 17.9 Å². The Morgan fingerprint density at radius 3 is 2.74 bits per heavy atom. The van der Waals surface area contributed by atoms with Crippen molar-refractivity contribution in [3.8, 4) is 11.3 Å². The molecule has 0 aliphatic carbocycles. The van der Waals surface area contributed by atoms with Gasteiger partial charge >= 0.3 is 6.18 Å². The molecule has 1 aliphatic rings. The number of fused-ring (bicyclic) bond motifs is 1. The highest BCUT2D eigenvalue weighted by molar-refractivity contribution is 7.99. The van der Waals surface area contributed by atoms with Crippen LogP contribution in [0.25, 0.3) is 11.3 Å². The van der Waals surface area contributed by atoms with Gasteiger partial charge in [0.2, 0.25) is 0 Å². The molecule has 4 rings (SSSR count). The summed E-state index contributed by atoms with van der Waals surface area (Å²) in [4.78, 5) is 16.9. The van der Waals surface area contributed by atoms with Gasteiger partial charge in [-0.1, -0.05) is 30.0 Å². The predicted molar refractivity (Wildman–Crippen MR) is 97.8 cm³/mol. The molecular weight excluding hydrogens is 375 g/mol. The van der Waals surface area contributed by atoms with E-state index >= 15 is 0 Å². The zero-order valence-electron chi connectivity index (χ0n) is 14.0. The fraction of sp³-hybridized carbons (Fsp3) is 0.158.